The first kappa shape index (κ1) is 26.1. The monoisotopic (exact) mass is 508 g/mol. The zero-order valence-electron chi connectivity index (χ0n) is 21.1. The Morgan fingerprint density at radius 3 is 2.24 bits per heavy atom. The summed E-state index contributed by atoms with van der Waals surface area (Å²) in [5.41, 5.74) is 4.02. The molecule has 1 aromatic heterocycles. The van der Waals surface area contributed by atoms with E-state index in [-0.39, 0.29) is 18.0 Å². The Morgan fingerprint density at radius 1 is 0.946 bits per heavy atom. The van der Waals surface area contributed by atoms with Crippen molar-refractivity contribution >= 4 is 11.6 Å². The first-order valence-electron chi connectivity index (χ1n) is 12.2. The molecule has 6 nitrogen and oxygen atoms in total. The van der Waals surface area contributed by atoms with Gasteiger partial charge in [0.15, 0.2) is 0 Å². The van der Waals surface area contributed by atoms with Crippen LogP contribution in [-0.2, 0) is 6.42 Å². The van der Waals surface area contributed by atoms with Crippen molar-refractivity contribution in [1.82, 2.24) is 20.3 Å². The Labute approximate surface area is 223 Å². The predicted molar refractivity (Wildman–Crippen MR) is 145 cm³/mol. The molecule has 1 N–H and O–H groups in total. The maximum atomic E-state index is 10.1. The zero-order chi connectivity index (χ0) is 26.4. The number of aromatic nitrogens is 3. The number of nitrogens with one attached hydrogen (secondary N) is 1. The molecule has 0 saturated carbocycles. The number of nitrogens with zero attached hydrogens (tertiary/aromatic N) is 5. The van der Waals surface area contributed by atoms with Crippen molar-refractivity contribution in [3.05, 3.63) is 112 Å². The van der Waals surface area contributed by atoms with Gasteiger partial charge in [0.1, 0.15) is 0 Å². The molecular formula is C30H29ClN6. The molecule has 0 saturated heterocycles. The molecule has 0 aliphatic carbocycles. The summed E-state index contributed by atoms with van der Waals surface area (Å²) in [5, 5.41) is 32.4. The lowest BCUT2D eigenvalue weighted by molar-refractivity contribution is 0.281. The van der Waals surface area contributed by atoms with Crippen molar-refractivity contribution in [2.24, 2.45) is 5.41 Å². The molecule has 0 fully saturated rings. The van der Waals surface area contributed by atoms with Crippen LogP contribution < -0.4 is 5.32 Å². The van der Waals surface area contributed by atoms with Crippen LogP contribution in [0.1, 0.15) is 55.0 Å². The maximum absolute atomic E-state index is 10.1. The van der Waals surface area contributed by atoms with Gasteiger partial charge in [-0.1, -0.05) is 48.0 Å². The van der Waals surface area contributed by atoms with E-state index in [0.29, 0.717) is 10.6 Å². The van der Waals surface area contributed by atoms with E-state index in [1.807, 2.05) is 80.6 Å². The molecule has 0 radical (unpaired) electrons. The fourth-order valence-electron chi connectivity index (χ4n) is 4.61. The van der Waals surface area contributed by atoms with Crippen molar-refractivity contribution in [1.29, 1.82) is 10.5 Å². The van der Waals surface area contributed by atoms with E-state index in [1.54, 1.807) is 17.2 Å². The highest BCUT2D eigenvalue weighted by atomic mass is 35.5. The van der Waals surface area contributed by atoms with Crippen LogP contribution in [0.25, 0.3) is 5.69 Å². The molecule has 3 unspecified atom stereocenters. The minimum atomic E-state index is -0.681. The van der Waals surface area contributed by atoms with Crippen molar-refractivity contribution in [2.45, 2.75) is 45.2 Å². The lowest BCUT2D eigenvalue weighted by Crippen LogP contribution is -2.42. The van der Waals surface area contributed by atoms with Crippen LogP contribution in [0.2, 0.25) is 5.02 Å². The molecule has 3 atom stereocenters. The van der Waals surface area contributed by atoms with Gasteiger partial charge in [-0.15, -0.1) is 0 Å². The van der Waals surface area contributed by atoms with Gasteiger partial charge in [-0.25, -0.2) is 0 Å². The molecule has 0 aliphatic rings. The third-order valence-corrected chi connectivity index (χ3v) is 6.98. The number of nitriles is 2. The smallest absolute Gasteiger partial charge is 0.0991 e. The van der Waals surface area contributed by atoms with E-state index in [2.05, 4.69) is 40.6 Å². The van der Waals surface area contributed by atoms with E-state index in [0.717, 1.165) is 28.8 Å². The second-order valence-electron chi connectivity index (χ2n) is 9.81. The van der Waals surface area contributed by atoms with Crippen LogP contribution in [0.15, 0.2) is 85.2 Å². The molecule has 37 heavy (non-hydrogen) atoms. The van der Waals surface area contributed by atoms with Crippen molar-refractivity contribution in [2.75, 3.05) is 0 Å². The topological polar surface area (TPSA) is 90.3 Å². The fourth-order valence-corrected chi connectivity index (χ4v) is 4.74. The molecule has 7 heteroatoms. The van der Waals surface area contributed by atoms with Crippen LogP contribution in [-0.4, -0.2) is 21.0 Å². The fraction of sp³-hybridized carbons (Fsp3) is 0.267. The first-order valence-corrected chi connectivity index (χ1v) is 12.6. The van der Waals surface area contributed by atoms with Crippen LogP contribution in [0.4, 0.5) is 0 Å². The number of rotatable bonds is 9. The van der Waals surface area contributed by atoms with Crippen LogP contribution in [0, 0.1) is 28.1 Å². The number of halogens is 1. The number of hydrogen-bond acceptors (Lipinski definition) is 5. The van der Waals surface area contributed by atoms with Gasteiger partial charge in [-0.3, -0.25) is 0 Å². The van der Waals surface area contributed by atoms with Crippen molar-refractivity contribution in [3.63, 3.8) is 0 Å². The highest BCUT2D eigenvalue weighted by Crippen LogP contribution is 2.36. The Balaban J connectivity index is 1.67. The standard InChI is InChI=1S/C30H29ClN6/c1-21(28(18-22-7-11-26(31)12-8-22)25-6-4-5-23(17-25)19-32)36-29(30(2,3)20-33)24-9-13-27(14-10-24)37-34-15-16-35-37/h4-17,21,28-29,36H,18H2,1-3H3. The number of hydrogen-bond donors (Lipinski definition) is 1. The van der Waals surface area contributed by atoms with Crippen LogP contribution in [0.5, 0.6) is 0 Å². The molecule has 4 rings (SSSR count). The van der Waals surface area contributed by atoms with Gasteiger partial charge in [-0.05, 0) is 80.3 Å². The summed E-state index contributed by atoms with van der Waals surface area (Å²) in [6.45, 7) is 6.04. The summed E-state index contributed by atoms with van der Waals surface area (Å²) in [7, 11) is 0. The minimum absolute atomic E-state index is 0.0188. The molecule has 4 aromatic rings. The Kier molecular flexibility index (Phi) is 8.04. The molecular weight excluding hydrogens is 480 g/mol. The SMILES string of the molecule is CC(NC(c1ccc(-n2nccn2)cc1)C(C)(C)C#N)C(Cc1ccc(Cl)cc1)c1cccc(C#N)c1. The first-order chi connectivity index (χ1) is 17.8. The van der Waals surface area contributed by atoms with Gasteiger partial charge in [0.05, 0.1) is 47.2 Å². The Hall–Kier alpha value is -3.97. The molecule has 0 amide bonds. The highest BCUT2D eigenvalue weighted by molar-refractivity contribution is 6.30. The van der Waals surface area contributed by atoms with Gasteiger partial charge in [0.2, 0.25) is 0 Å². The zero-order valence-corrected chi connectivity index (χ0v) is 21.9. The summed E-state index contributed by atoms with van der Waals surface area (Å²) >= 11 is 6.13. The van der Waals surface area contributed by atoms with Crippen LogP contribution >= 0.6 is 11.6 Å². The van der Waals surface area contributed by atoms with Gasteiger partial charge < -0.3 is 5.32 Å². The lowest BCUT2D eigenvalue weighted by atomic mass is 9.79. The van der Waals surface area contributed by atoms with Crippen LogP contribution in [0.3, 0.4) is 0 Å². The Bertz CT molecular complexity index is 1400. The highest BCUT2D eigenvalue weighted by Gasteiger charge is 2.34. The third-order valence-electron chi connectivity index (χ3n) is 6.73. The average Bonchev–Trinajstić information content (AvgIpc) is 3.46. The molecule has 3 aromatic carbocycles. The quantitative estimate of drug-likeness (QED) is 0.283. The summed E-state index contributed by atoms with van der Waals surface area (Å²) in [5.74, 6) is 0.0546. The van der Waals surface area contributed by atoms with Gasteiger partial charge in [0, 0.05) is 17.0 Å². The maximum Gasteiger partial charge on any atom is 0.0991 e. The van der Waals surface area contributed by atoms with Crippen molar-refractivity contribution < 1.29 is 0 Å². The second-order valence-corrected chi connectivity index (χ2v) is 10.2. The van der Waals surface area contributed by atoms with E-state index in [4.69, 9.17) is 11.6 Å². The molecule has 186 valence electrons. The van der Waals surface area contributed by atoms with E-state index < -0.39 is 5.41 Å². The van der Waals surface area contributed by atoms with Gasteiger partial charge in [0.25, 0.3) is 0 Å². The predicted octanol–water partition coefficient (Wildman–Crippen LogP) is 6.39. The Morgan fingerprint density at radius 2 is 1.62 bits per heavy atom. The normalized spacial score (nSPS) is 13.8. The second kappa shape index (κ2) is 11.4. The average molecular weight is 509 g/mol. The van der Waals surface area contributed by atoms with Gasteiger partial charge in [-0.2, -0.15) is 25.5 Å². The summed E-state index contributed by atoms with van der Waals surface area (Å²) in [4.78, 5) is 1.56. The molecule has 0 spiro atoms. The largest absolute Gasteiger partial charge is 0.305 e. The van der Waals surface area contributed by atoms with E-state index in [1.165, 1.54) is 0 Å². The van der Waals surface area contributed by atoms with Gasteiger partial charge >= 0.3 is 0 Å². The summed E-state index contributed by atoms with van der Waals surface area (Å²) in [6.07, 6.45) is 4.03. The minimum Gasteiger partial charge on any atom is -0.305 e. The van der Waals surface area contributed by atoms with E-state index in [9.17, 15) is 10.5 Å². The lowest BCUT2D eigenvalue weighted by Gasteiger charge is -2.36. The third kappa shape index (κ3) is 6.24. The van der Waals surface area contributed by atoms with Crippen molar-refractivity contribution in [3.8, 4) is 17.8 Å². The van der Waals surface area contributed by atoms with E-state index >= 15 is 0 Å². The molecule has 0 aliphatic heterocycles. The molecule has 0 bridgehead atoms. The summed E-state index contributed by atoms with van der Waals surface area (Å²) < 4.78 is 0. The molecule has 1 heterocycles. The summed E-state index contributed by atoms with van der Waals surface area (Å²) in [6, 6.07) is 28.1. The number of benzene rings is 3.